The molecule has 0 aliphatic heterocycles. The van der Waals surface area contributed by atoms with Crippen molar-refractivity contribution >= 4 is 10.0 Å². The number of methoxy groups -OCH3 is 1. The molecule has 5 nitrogen and oxygen atoms in total. The molecule has 2 N–H and O–H groups in total. The van der Waals surface area contributed by atoms with E-state index in [1.165, 1.54) is 13.2 Å². The van der Waals surface area contributed by atoms with E-state index < -0.39 is 10.0 Å². The summed E-state index contributed by atoms with van der Waals surface area (Å²) in [6, 6.07) is 4.63. The molecule has 1 aromatic carbocycles. The first-order valence-corrected chi connectivity index (χ1v) is 8.56. The highest BCUT2D eigenvalue weighted by Crippen LogP contribution is 2.38. The zero-order valence-corrected chi connectivity index (χ0v) is 13.5. The molecule has 1 aliphatic carbocycles. The fourth-order valence-corrected chi connectivity index (χ4v) is 4.34. The SMILES string of the molecule is COc1ccc(CO)cc1S(=O)(=O)NC1CCC(C)(C)C1. The summed E-state index contributed by atoms with van der Waals surface area (Å²) in [6.07, 6.45) is 2.68. The van der Waals surface area contributed by atoms with Crippen LogP contribution >= 0.6 is 0 Å². The summed E-state index contributed by atoms with van der Waals surface area (Å²) in [6.45, 7) is 4.09. The van der Waals surface area contributed by atoms with Gasteiger partial charge in [0, 0.05) is 6.04 Å². The van der Waals surface area contributed by atoms with Crippen molar-refractivity contribution in [3.63, 3.8) is 0 Å². The fourth-order valence-electron chi connectivity index (χ4n) is 2.85. The van der Waals surface area contributed by atoms with E-state index in [0.29, 0.717) is 5.56 Å². The van der Waals surface area contributed by atoms with E-state index in [0.717, 1.165) is 19.3 Å². The molecule has 1 aromatic rings. The van der Waals surface area contributed by atoms with E-state index in [-0.39, 0.29) is 28.7 Å². The lowest BCUT2D eigenvalue weighted by molar-refractivity contribution is 0.281. The second-order valence-electron chi connectivity index (χ2n) is 6.37. The molecule has 0 aromatic heterocycles. The molecule has 0 bridgehead atoms. The van der Waals surface area contributed by atoms with Crippen molar-refractivity contribution in [2.45, 2.75) is 50.7 Å². The van der Waals surface area contributed by atoms with Crippen LogP contribution in [-0.2, 0) is 16.6 Å². The summed E-state index contributed by atoms with van der Waals surface area (Å²) in [7, 11) is -2.22. The molecule has 21 heavy (non-hydrogen) atoms. The van der Waals surface area contributed by atoms with Gasteiger partial charge in [-0.1, -0.05) is 19.9 Å². The Morgan fingerprint density at radius 1 is 1.43 bits per heavy atom. The maximum atomic E-state index is 12.6. The summed E-state index contributed by atoms with van der Waals surface area (Å²) < 4.78 is 33.0. The number of nitrogens with one attached hydrogen (secondary N) is 1. The van der Waals surface area contributed by atoms with Crippen molar-refractivity contribution in [2.75, 3.05) is 7.11 Å². The van der Waals surface area contributed by atoms with Gasteiger partial charge in [0.25, 0.3) is 0 Å². The molecular formula is C15H23NO4S. The van der Waals surface area contributed by atoms with Crippen molar-refractivity contribution in [3.8, 4) is 5.75 Å². The van der Waals surface area contributed by atoms with Crippen LogP contribution in [0.4, 0.5) is 0 Å². The lowest BCUT2D eigenvalue weighted by atomic mass is 9.92. The number of benzene rings is 1. The molecule has 0 saturated heterocycles. The Morgan fingerprint density at radius 3 is 2.67 bits per heavy atom. The predicted octanol–water partition coefficient (Wildman–Crippen LogP) is 2.04. The van der Waals surface area contributed by atoms with Crippen molar-refractivity contribution < 1.29 is 18.3 Å². The number of aliphatic hydroxyl groups excluding tert-OH is 1. The molecule has 0 amide bonds. The Balaban J connectivity index is 2.27. The molecule has 1 unspecified atom stereocenters. The lowest BCUT2D eigenvalue weighted by Gasteiger charge is -2.18. The molecule has 2 rings (SSSR count). The van der Waals surface area contributed by atoms with E-state index >= 15 is 0 Å². The number of aliphatic hydroxyl groups is 1. The zero-order valence-electron chi connectivity index (χ0n) is 12.7. The van der Waals surface area contributed by atoms with E-state index in [2.05, 4.69) is 18.6 Å². The quantitative estimate of drug-likeness (QED) is 0.872. The van der Waals surface area contributed by atoms with Gasteiger partial charge in [0.1, 0.15) is 10.6 Å². The molecule has 0 radical (unpaired) electrons. The van der Waals surface area contributed by atoms with E-state index in [1.807, 2.05) is 0 Å². The van der Waals surface area contributed by atoms with Gasteiger partial charge in [-0.15, -0.1) is 0 Å². The Morgan fingerprint density at radius 2 is 2.14 bits per heavy atom. The van der Waals surface area contributed by atoms with Gasteiger partial charge in [0.2, 0.25) is 10.0 Å². The first-order valence-electron chi connectivity index (χ1n) is 7.07. The van der Waals surface area contributed by atoms with E-state index in [9.17, 15) is 13.5 Å². The van der Waals surface area contributed by atoms with Gasteiger partial charge in [-0.2, -0.15) is 0 Å². The van der Waals surface area contributed by atoms with Crippen LogP contribution < -0.4 is 9.46 Å². The van der Waals surface area contributed by atoms with Crippen molar-refractivity contribution in [2.24, 2.45) is 5.41 Å². The third-order valence-corrected chi connectivity index (χ3v) is 5.53. The summed E-state index contributed by atoms with van der Waals surface area (Å²) in [4.78, 5) is 0.0845. The van der Waals surface area contributed by atoms with Crippen LogP contribution in [0.3, 0.4) is 0 Å². The molecule has 0 spiro atoms. The van der Waals surface area contributed by atoms with Gasteiger partial charge >= 0.3 is 0 Å². The van der Waals surface area contributed by atoms with E-state index in [1.54, 1.807) is 12.1 Å². The van der Waals surface area contributed by atoms with Crippen molar-refractivity contribution in [3.05, 3.63) is 23.8 Å². The standard InChI is InChI=1S/C15H23NO4S/c1-15(2)7-6-12(9-15)16-21(18,19)14-8-11(10-17)4-5-13(14)20-3/h4-5,8,12,16-17H,6-7,9-10H2,1-3H3. The molecule has 1 saturated carbocycles. The Labute approximate surface area is 126 Å². The molecular weight excluding hydrogens is 290 g/mol. The van der Waals surface area contributed by atoms with Crippen LogP contribution in [0.25, 0.3) is 0 Å². The first kappa shape index (κ1) is 16.3. The molecule has 118 valence electrons. The summed E-state index contributed by atoms with van der Waals surface area (Å²) in [5, 5.41) is 9.19. The summed E-state index contributed by atoms with van der Waals surface area (Å²) in [5.41, 5.74) is 0.715. The highest BCUT2D eigenvalue weighted by Gasteiger charge is 2.34. The number of rotatable bonds is 5. The summed E-state index contributed by atoms with van der Waals surface area (Å²) >= 11 is 0. The molecule has 0 heterocycles. The normalized spacial score (nSPS) is 21.4. The highest BCUT2D eigenvalue weighted by atomic mass is 32.2. The second-order valence-corrected chi connectivity index (χ2v) is 8.05. The minimum atomic E-state index is -3.66. The number of sulfonamides is 1. The van der Waals surface area contributed by atoms with Crippen LogP contribution in [0.2, 0.25) is 0 Å². The van der Waals surface area contributed by atoms with Crippen LogP contribution in [0.1, 0.15) is 38.7 Å². The average molecular weight is 313 g/mol. The number of hydrogen-bond donors (Lipinski definition) is 2. The number of ether oxygens (including phenoxy) is 1. The van der Waals surface area contributed by atoms with Gasteiger partial charge in [-0.05, 0) is 42.4 Å². The van der Waals surface area contributed by atoms with Gasteiger partial charge < -0.3 is 9.84 Å². The lowest BCUT2D eigenvalue weighted by Crippen LogP contribution is -2.33. The smallest absolute Gasteiger partial charge is 0.244 e. The van der Waals surface area contributed by atoms with E-state index in [4.69, 9.17) is 4.74 Å². The summed E-state index contributed by atoms with van der Waals surface area (Å²) in [5.74, 6) is 0.289. The third kappa shape index (κ3) is 3.75. The van der Waals surface area contributed by atoms with Crippen LogP contribution in [0.5, 0.6) is 5.75 Å². The minimum absolute atomic E-state index is 0.0486. The monoisotopic (exact) mass is 313 g/mol. The van der Waals surface area contributed by atoms with Crippen molar-refractivity contribution in [1.82, 2.24) is 4.72 Å². The molecule has 1 fully saturated rings. The zero-order chi connectivity index (χ0) is 15.7. The Hall–Kier alpha value is -1.11. The van der Waals surface area contributed by atoms with Gasteiger partial charge in [-0.25, -0.2) is 13.1 Å². The predicted molar refractivity (Wildman–Crippen MR) is 80.7 cm³/mol. The Kier molecular flexibility index (Phi) is 4.60. The number of hydrogen-bond acceptors (Lipinski definition) is 4. The largest absolute Gasteiger partial charge is 0.495 e. The Bertz CT molecular complexity index is 610. The fraction of sp³-hybridized carbons (Fsp3) is 0.600. The van der Waals surface area contributed by atoms with Gasteiger partial charge in [0.15, 0.2) is 0 Å². The molecule has 1 aliphatic rings. The van der Waals surface area contributed by atoms with Crippen molar-refractivity contribution in [1.29, 1.82) is 0 Å². The van der Waals surface area contributed by atoms with Crippen LogP contribution in [0, 0.1) is 5.41 Å². The topological polar surface area (TPSA) is 75.6 Å². The average Bonchev–Trinajstić information content (AvgIpc) is 2.76. The molecule has 1 atom stereocenters. The van der Waals surface area contributed by atoms with Crippen LogP contribution in [-0.4, -0.2) is 26.7 Å². The third-order valence-electron chi connectivity index (χ3n) is 3.99. The maximum absolute atomic E-state index is 12.6. The minimum Gasteiger partial charge on any atom is -0.495 e. The second kappa shape index (κ2) is 5.94. The first-order chi connectivity index (χ1) is 9.77. The van der Waals surface area contributed by atoms with Gasteiger partial charge in [-0.3, -0.25) is 0 Å². The van der Waals surface area contributed by atoms with Gasteiger partial charge in [0.05, 0.1) is 13.7 Å². The molecule has 6 heteroatoms. The highest BCUT2D eigenvalue weighted by molar-refractivity contribution is 7.89. The maximum Gasteiger partial charge on any atom is 0.244 e. The van der Waals surface area contributed by atoms with Crippen LogP contribution in [0.15, 0.2) is 23.1 Å².